The Morgan fingerprint density at radius 3 is 1.49 bits per heavy atom. The Labute approximate surface area is 379 Å². The molecule has 0 spiro atoms. The molecule has 5 rings (SSSR count). The van der Waals surface area contributed by atoms with Crippen LogP contribution in [0.5, 0.6) is 0 Å². The molecular weight excluding hydrogens is 901 g/mol. The van der Waals surface area contributed by atoms with Crippen LogP contribution in [0.15, 0.2) is 4.99 Å². The maximum atomic E-state index is 12.8. The average molecular weight is 956 g/mol. The summed E-state index contributed by atoms with van der Waals surface area (Å²) in [6, 6.07) is -1.97. The molecule has 29 nitrogen and oxygen atoms in total. The van der Waals surface area contributed by atoms with Gasteiger partial charge in [-0.15, -0.1) is 0 Å². The molecular formula is C32H54NNaO28S. The molecule has 1 unspecified atom stereocenters. The van der Waals surface area contributed by atoms with E-state index in [0.717, 1.165) is 6.92 Å². The smallest absolute Gasteiger partial charge is 0.862 e. The molecule has 5 aliphatic heterocycles. The van der Waals surface area contributed by atoms with E-state index >= 15 is 0 Å². The van der Waals surface area contributed by atoms with E-state index in [9.17, 15) is 89.6 Å². The van der Waals surface area contributed by atoms with Crippen molar-refractivity contribution in [2.45, 2.75) is 167 Å². The minimum absolute atomic E-state index is 0. The van der Waals surface area contributed by atoms with Crippen molar-refractivity contribution in [1.29, 1.82) is 0 Å². The molecule has 0 saturated carbocycles. The van der Waals surface area contributed by atoms with Crippen LogP contribution in [0, 0.1) is 0 Å². The Hall–Kier alpha value is -0.580. The van der Waals surface area contributed by atoms with Crippen LogP contribution in [0.2, 0.25) is 0 Å². The van der Waals surface area contributed by atoms with Crippen molar-refractivity contribution < 1.29 is 166 Å². The molecule has 0 amide bonds. The zero-order valence-corrected chi connectivity index (χ0v) is 36.4. The zero-order chi connectivity index (χ0) is 46.1. The van der Waals surface area contributed by atoms with E-state index in [1.807, 2.05) is 0 Å². The van der Waals surface area contributed by atoms with E-state index in [1.54, 1.807) is 0 Å². The predicted molar refractivity (Wildman–Crippen MR) is 186 cm³/mol. The maximum Gasteiger partial charge on any atom is 1.00 e. The molecule has 0 aromatic carbocycles. The largest absolute Gasteiger partial charge is 1.00 e. The normalized spacial score (nSPS) is 49.0. The molecule has 0 radical (unpaired) electrons. The van der Waals surface area contributed by atoms with Gasteiger partial charge in [0, 0.05) is 0 Å². The van der Waals surface area contributed by atoms with Crippen molar-refractivity contribution in [2.75, 3.05) is 26.4 Å². The third-order valence-corrected chi connectivity index (χ3v) is 11.3. The number of rotatable bonds is 15. The van der Waals surface area contributed by atoms with Gasteiger partial charge >= 0.3 is 40.0 Å². The average Bonchev–Trinajstić information content (AvgIpc) is 3.21. The molecule has 0 aliphatic carbocycles. The summed E-state index contributed by atoms with van der Waals surface area (Å²) in [5.74, 6) is -1.03. The summed E-state index contributed by atoms with van der Waals surface area (Å²) >= 11 is 0. The van der Waals surface area contributed by atoms with Gasteiger partial charge in [0.25, 0.3) is 0 Å². The number of nitrogens with zero attached hydrogens (tertiary/aromatic N) is 1. The van der Waals surface area contributed by atoms with E-state index in [0.29, 0.717) is 0 Å². The van der Waals surface area contributed by atoms with Crippen molar-refractivity contribution >= 4 is 16.3 Å². The Morgan fingerprint density at radius 1 is 0.524 bits per heavy atom. The SMILES string of the molecule is CC([O-])=N[C@H]1[C@H](O[C@H]2[C@@H](O)[C@@H](CO)O[C@@H](O[C@H]3[C@H](O)[C@@H](O)C(O)O[C@@H]3CO)[C@@H]2O)O[C@H](CO)[C@@H](O[C@@H]2O[C@H](CO)[C@H](O)[C@H](OS(=O)(=O)O)[C@H]2O)[C@@H]1O[C@@H]1O[C@@H](C)[C@@H](O)[C@@H](O)[C@@H]1O.[Na+]. The number of aliphatic hydroxyl groups is 14. The summed E-state index contributed by atoms with van der Waals surface area (Å²) in [6.45, 7) is -1.95. The number of ether oxygens (including phenoxy) is 9. The third kappa shape index (κ3) is 12.4. The Kier molecular flexibility index (Phi) is 20.2. The first-order chi connectivity index (χ1) is 29.1. The van der Waals surface area contributed by atoms with Crippen LogP contribution in [0.1, 0.15) is 13.8 Å². The van der Waals surface area contributed by atoms with E-state index in [1.165, 1.54) is 6.92 Å². The fourth-order valence-corrected chi connectivity index (χ4v) is 8.05. The van der Waals surface area contributed by atoms with Gasteiger partial charge in [-0.2, -0.15) is 8.42 Å². The quantitative estimate of drug-likeness (QED) is 0.0314. The summed E-state index contributed by atoms with van der Waals surface area (Å²) in [7, 11) is -5.41. The zero-order valence-electron chi connectivity index (χ0n) is 33.6. The molecule has 31 heteroatoms. The van der Waals surface area contributed by atoms with E-state index in [2.05, 4.69) is 9.18 Å². The number of hydrogen-bond acceptors (Lipinski definition) is 28. The van der Waals surface area contributed by atoms with Crippen LogP contribution in [0.3, 0.4) is 0 Å². The van der Waals surface area contributed by atoms with Crippen LogP contribution >= 0.6 is 0 Å². The number of aliphatic imine (C=N–C) groups is 1. The van der Waals surface area contributed by atoms with Crippen LogP contribution in [-0.4, -0.2) is 270 Å². The first-order valence-corrected chi connectivity index (χ1v) is 20.4. The molecule has 5 heterocycles. The summed E-state index contributed by atoms with van der Waals surface area (Å²) in [5, 5.41) is 160. The molecule has 0 aromatic heterocycles. The molecule has 0 aromatic rings. The first-order valence-electron chi connectivity index (χ1n) is 19.1. The minimum Gasteiger partial charge on any atom is -0.862 e. The minimum atomic E-state index is -5.41. The summed E-state index contributed by atoms with van der Waals surface area (Å²) < 4.78 is 88.0. The van der Waals surface area contributed by atoms with Crippen molar-refractivity contribution in [1.82, 2.24) is 0 Å². The molecule has 25 atom stereocenters. The van der Waals surface area contributed by atoms with Gasteiger partial charge in [-0.1, -0.05) is 0 Å². The van der Waals surface area contributed by atoms with Crippen molar-refractivity contribution in [3.8, 4) is 0 Å². The van der Waals surface area contributed by atoms with Crippen molar-refractivity contribution in [2.24, 2.45) is 4.99 Å². The molecule has 0 bridgehead atoms. The second-order valence-electron chi connectivity index (χ2n) is 15.1. The van der Waals surface area contributed by atoms with Crippen LogP contribution in [0.4, 0.5) is 0 Å². The Bertz CT molecular complexity index is 1570. The molecule has 5 saturated heterocycles. The summed E-state index contributed by atoms with van der Waals surface area (Å²) in [5.41, 5.74) is 0. The van der Waals surface area contributed by atoms with Crippen LogP contribution in [0.25, 0.3) is 0 Å². The standard InChI is InChI=1S/C32H55NO28S.Na/c1-7-14(39)17(42)20(45)30(52-7)59-25-13(33-8(2)38)29(56-12(6-37)24(25)58-32-22(47)27(61-62(49,50)51)16(41)10(4-35)55-32)60-26-15(40)9(3-34)54-31(21(26)46)57-23-11(5-36)53-28(48)19(44)18(23)43;/h7,9-32,34-37,39-48H,3-6H2,1-2H3,(H,33,38)(H,49,50,51);/q;+1/p-1/t7-,9+,10+,11+,12+,13+,14+,15-,16-,17+,18+,19+,20-,21+,22+,23+,24+,25+,26-,27-,28?,29-,30-,31-,32-;/m0./s1. The second kappa shape index (κ2) is 23.1. The van der Waals surface area contributed by atoms with Gasteiger partial charge in [-0.3, -0.25) is 9.55 Å². The molecule has 362 valence electrons. The van der Waals surface area contributed by atoms with Gasteiger partial charge in [0.15, 0.2) is 31.5 Å². The second-order valence-corrected chi connectivity index (χ2v) is 16.1. The topological polar surface area (TPSA) is 465 Å². The summed E-state index contributed by atoms with van der Waals surface area (Å²) in [4.78, 5) is 3.95. The van der Waals surface area contributed by atoms with Crippen LogP contribution in [-0.2, 0) is 57.2 Å². The molecule has 63 heavy (non-hydrogen) atoms. The maximum absolute atomic E-state index is 12.8. The Morgan fingerprint density at radius 2 is 0.968 bits per heavy atom. The number of aliphatic hydroxyl groups excluding tert-OH is 14. The Balaban J connectivity index is 0.00000871. The molecule has 15 N–H and O–H groups in total. The monoisotopic (exact) mass is 955 g/mol. The predicted octanol–water partition coefficient (Wildman–Crippen LogP) is -14.3. The van der Waals surface area contributed by atoms with E-state index in [4.69, 9.17) is 42.6 Å². The van der Waals surface area contributed by atoms with Gasteiger partial charge in [-0.25, -0.2) is 4.18 Å². The fraction of sp³-hybridized carbons (Fsp3) is 0.969. The van der Waals surface area contributed by atoms with Gasteiger partial charge in [0.2, 0.25) is 0 Å². The van der Waals surface area contributed by atoms with Gasteiger partial charge in [-0.05, 0) is 19.7 Å². The third-order valence-electron chi connectivity index (χ3n) is 10.8. The van der Waals surface area contributed by atoms with Gasteiger partial charge < -0.3 is 119 Å². The first kappa shape index (κ1) is 55.0. The molecule has 5 fully saturated rings. The number of hydrogen-bond donors (Lipinski definition) is 15. The van der Waals surface area contributed by atoms with Gasteiger partial charge in [0.05, 0.1) is 32.5 Å². The van der Waals surface area contributed by atoms with E-state index in [-0.39, 0.29) is 29.6 Å². The fourth-order valence-electron chi connectivity index (χ4n) is 7.54. The van der Waals surface area contributed by atoms with Gasteiger partial charge in [0.1, 0.15) is 116 Å². The van der Waals surface area contributed by atoms with E-state index < -0.39 is 196 Å². The van der Waals surface area contributed by atoms with Crippen molar-refractivity contribution in [3.63, 3.8) is 0 Å². The van der Waals surface area contributed by atoms with Crippen LogP contribution < -0.4 is 34.7 Å². The van der Waals surface area contributed by atoms with Crippen molar-refractivity contribution in [3.05, 3.63) is 0 Å². The molecule has 5 aliphatic rings. The summed E-state index contributed by atoms with van der Waals surface area (Å²) in [6.07, 6.45) is -46.9.